The average Bonchev–Trinajstić information content (AvgIpc) is 1.52. The van der Waals surface area contributed by atoms with Crippen LogP contribution in [0.4, 0.5) is 17.3 Å². The Morgan fingerprint density at radius 1 is 1.23 bits per heavy atom. The molecule has 10 heteroatoms. The number of carbonyl (C=O) groups excluding carboxylic acids is 1. The number of hydrogen-bond donors (Lipinski definition) is 1. The number of hydrogen-bond acceptors (Lipinski definition) is 3. The molecule has 0 atom stereocenters. The number of halogens is 4. The fourth-order valence-corrected chi connectivity index (χ4v) is 0.123. The second-order valence-electron chi connectivity index (χ2n) is 1.44. The largest absolute Gasteiger partial charge is 2.00 e. The maximum Gasteiger partial charge on any atom is 2.00 e. The Labute approximate surface area is 86.2 Å². The van der Waals surface area contributed by atoms with Crippen molar-refractivity contribution in [3.05, 3.63) is 0 Å². The second-order valence-corrected chi connectivity index (χ2v) is 1.44. The predicted molar refractivity (Wildman–Crippen MR) is 33.2 cm³/mol. The van der Waals surface area contributed by atoms with E-state index in [1.807, 2.05) is 0 Å². The van der Waals surface area contributed by atoms with Crippen molar-refractivity contribution in [3.63, 3.8) is 0 Å². The van der Waals surface area contributed by atoms with E-state index in [0.717, 1.165) is 0 Å². The van der Waals surface area contributed by atoms with Gasteiger partial charge in [-0.25, -0.2) is 0 Å². The molecule has 0 aliphatic carbocycles. The smallest absolute Gasteiger partial charge is 0.550 e. The summed E-state index contributed by atoms with van der Waals surface area (Å²) in [7, 11) is -6.00. The van der Waals surface area contributed by atoms with Crippen molar-refractivity contribution in [2.75, 3.05) is 0 Å². The fourth-order valence-electron chi connectivity index (χ4n) is 0.123. The summed E-state index contributed by atoms with van der Waals surface area (Å²) < 4.78 is 39.0. The van der Waals surface area contributed by atoms with Gasteiger partial charge < -0.3 is 32.3 Å². The minimum Gasteiger partial charge on any atom is -0.550 e. The second kappa shape index (κ2) is 8.11. The van der Waals surface area contributed by atoms with Crippen LogP contribution >= 0.6 is 0 Å². The van der Waals surface area contributed by atoms with E-state index in [1.165, 1.54) is 0 Å². The molecule has 0 unspecified atom stereocenters. The average molecular weight is 214 g/mol. The van der Waals surface area contributed by atoms with E-state index in [1.54, 1.807) is 0 Å². The number of carboxylic acid groups (broad SMARTS) is 2. The van der Waals surface area contributed by atoms with Crippen LogP contribution in [0.1, 0.15) is 6.42 Å². The molecule has 0 saturated heterocycles. The molecule has 0 bridgehead atoms. The SMILES string of the molecule is F[B-](F)(F)F.O=C([O-])CC(=O)O.[Mg+2]. The van der Waals surface area contributed by atoms with Crippen molar-refractivity contribution in [2.45, 2.75) is 6.42 Å². The normalized spacial score (nSPS) is 8.92. The predicted octanol–water partition coefficient (Wildman–Crippen LogP) is -0.870. The van der Waals surface area contributed by atoms with Gasteiger partial charge in [0.15, 0.2) is 0 Å². The third kappa shape index (κ3) is 84.9. The molecule has 4 nitrogen and oxygen atoms in total. The van der Waals surface area contributed by atoms with Crippen molar-refractivity contribution in [3.8, 4) is 0 Å². The van der Waals surface area contributed by atoms with E-state index in [2.05, 4.69) is 0 Å². The zero-order valence-electron chi connectivity index (χ0n) is 6.18. The van der Waals surface area contributed by atoms with Crippen molar-refractivity contribution in [2.24, 2.45) is 0 Å². The molecule has 0 aliphatic rings. The molecule has 0 spiro atoms. The van der Waals surface area contributed by atoms with Crippen molar-refractivity contribution >= 4 is 42.2 Å². The van der Waals surface area contributed by atoms with Crippen LogP contribution in [0.2, 0.25) is 0 Å². The van der Waals surface area contributed by atoms with Gasteiger partial charge in [-0.05, 0) is 0 Å². The van der Waals surface area contributed by atoms with Crippen molar-refractivity contribution in [1.82, 2.24) is 0 Å². The van der Waals surface area contributed by atoms with Crippen LogP contribution in [0.25, 0.3) is 0 Å². The Morgan fingerprint density at radius 3 is 1.46 bits per heavy atom. The minimum absolute atomic E-state index is 0. The van der Waals surface area contributed by atoms with Crippen LogP contribution in [0.5, 0.6) is 0 Å². The third-order valence-corrected chi connectivity index (χ3v) is 0.296. The van der Waals surface area contributed by atoms with Gasteiger partial charge >= 0.3 is 36.3 Å². The molecule has 0 rings (SSSR count). The summed E-state index contributed by atoms with van der Waals surface area (Å²) in [5, 5.41) is 17.0. The first-order chi connectivity index (χ1) is 5.13. The molecular formula is C3H3BF4MgO4. The molecule has 13 heavy (non-hydrogen) atoms. The number of rotatable bonds is 2. The summed E-state index contributed by atoms with van der Waals surface area (Å²) in [4.78, 5) is 18.7. The molecule has 72 valence electrons. The van der Waals surface area contributed by atoms with E-state index in [9.17, 15) is 32.0 Å². The molecule has 0 radical (unpaired) electrons. The van der Waals surface area contributed by atoms with E-state index < -0.39 is 25.6 Å². The molecule has 0 saturated carbocycles. The van der Waals surface area contributed by atoms with Crippen molar-refractivity contribution in [1.29, 1.82) is 0 Å². The summed E-state index contributed by atoms with van der Waals surface area (Å²) in [6, 6.07) is 0. The topological polar surface area (TPSA) is 77.4 Å². The van der Waals surface area contributed by atoms with Crippen LogP contribution in [0.15, 0.2) is 0 Å². The Bertz CT molecular complexity index is 153. The van der Waals surface area contributed by atoms with Gasteiger partial charge in [-0.15, -0.1) is 0 Å². The van der Waals surface area contributed by atoms with Crippen LogP contribution in [-0.2, 0) is 9.59 Å². The summed E-state index contributed by atoms with van der Waals surface area (Å²) in [6.45, 7) is 0. The Hall–Kier alpha value is -0.509. The van der Waals surface area contributed by atoms with E-state index in [4.69, 9.17) is 5.11 Å². The molecule has 0 amide bonds. The molecule has 0 heterocycles. The quantitative estimate of drug-likeness (QED) is 0.368. The first-order valence-electron chi connectivity index (χ1n) is 2.42. The first kappa shape index (κ1) is 18.3. The maximum atomic E-state index is 9.75. The van der Waals surface area contributed by atoms with E-state index in [0.29, 0.717) is 0 Å². The maximum absolute atomic E-state index is 9.75. The van der Waals surface area contributed by atoms with Gasteiger partial charge in [0.1, 0.15) is 0 Å². The molecule has 0 aliphatic heterocycles. The van der Waals surface area contributed by atoms with Crippen LogP contribution in [0, 0.1) is 0 Å². The van der Waals surface area contributed by atoms with Crippen LogP contribution in [-0.4, -0.2) is 47.4 Å². The molecular weight excluding hydrogens is 211 g/mol. The van der Waals surface area contributed by atoms with Crippen LogP contribution in [0.3, 0.4) is 0 Å². The third-order valence-electron chi connectivity index (χ3n) is 0.296. The summed E-state index contributed by atoms with van der Waals surface area (Å²) in [5.41, 5.74) is 0. The summed E-state index contributed by atoms with van der Waals surface area (Å²) in [5.74, 6) is -2.94. The number of aliphatic carboxylic acids is 2. The van der Waals surface area contributed by atoms with Gasteiger partial charge in [-0.3, -0.25) is 4.79 Å². The van der Waals surface area contributed by atoms with E-state index >= 15 is 0 Å². The Balaban J connectivity index is -0.000000150. The Kier molecular flexibility index (Phi) is 11.4. The summed E-state index contributed by atoms with van der Waals surface area (Å²) >= 11 is 0. The Morgan fingerprint density at radius 2 is 1.46 bits per heavy atom. The fraction of sp³-hybridized carbons (Fsp3) is 0.333. The number of carboxylic acids is 2. The summed E-state index contributed by atoms with van der Waals surface area (Å²) in [6.07, 6.45) is -0.917. The zero-order chi connectivity index (χ0) is 10.4. The monoisotopic (exact) mass is 214 g/mol. The molecule has 0 fully saturated rings. The molecule has 0 aromatic heterocycles. The van der Waals surface area contributed by atoms with Crippen molar-refractivity contribution < 1.29 is 37.1 Å². The first-order valence-corrected chi connectivity index (χ1v) is 2.42. The molecule has 0 aromatic carbocycles. The van der Waals surface area contributed by atoms with Gasteiger partial charge in [0, 0.05) is 0 Å². The minimum atomic E-state index is -6.00. The molecule has 0 aromatic rings. The van der Waals surface area contributed by atoms with E-state index in [-0.39, 0.29) is 23.1 Å². The standard InChI is InChI=1S/C3H4O4.BF4.Mg/c4-2(5)1-3(6)7;2-1(3,4)5;/h1H2,(H,4,5)(H,6,7);;/q;-1;+2/p-1. The zero-order valence-corrected chi connectivity index (χ0v) is 7.59. The number of carbonyl (C=O) groups is 2. The van der Waals surface area contributed by atoms with Gasteiger partial charge in [0.25, 0.3) is 0 Å². The van der Waals surface area contributed by atoms with Gasteiger partial charge in [-0.1, -0.05) is 0 Å². The van der Waals surface area contributed by atoms with Gasteiger partial charge in [0.2, 0.25) is 0 Å². The van der Waals surface area contributed by atoms with Crippen LogP contribution < -0.4 is 5.11 Å². The molecule has 1 N–H and O–H groups in total. The van der Waals surface area contributed by atoms with Gasteiger partial charge in [0.05, 0.1) is 12.4 Å². The van der Waals surface area contributed by atoms with Gasteiger partial charge in [-0.2, -0.15) is 0 Å².